The van der Waals surface area contributed by atoms with Gasteiger partial charge in [-0.25, -0.2) is 15.0 Å². The molecule has 0 aliphatic heterocycles. The first-order valence-corrected chi connectivity index (χ1v) is 11.0. The van der Waals surface area contributed by atoms with Gasteiger partial charge in [0, 0.05) is 30.7 Å². The number of benzene rings is 1. The Morgan fingerprint density at radius 2 is 1.83 bits per heavy atom. The van der Waals surface area contributed by atoms with Crippen molar-refractivity contribution in [3.63, 3.8) is 0 Å². The lowest BCUT2D eigenvalue weighted by atomic mass is 9.86. The molecule has 0 aliphatic rings. The SMILES string of the molecule is Cn1cncc1[C@@](O)(c1ccc(Cl)cc1)c1ccc2c(n1)c(-c1cccc(C#N)n1)cc(=O)n2C. The number of aryl methyl sites for hydroxylation is 2. The molecule has 0 saturated carbocycles. The highest BCUT2D eigenvalue weighted by molar-refractivity contribution is 6.30. The first-order valence-electron chi connectivity index (χ1n) is 10.7. The minimum atomic E-state index is -1.67. The first kappa shape index (κ1) is 22.5. The molecule has 4 heterocycles. The van der Waals surface area contributed by atoms with Gasteiger partial charge in [0.15, 0.2) is 5.60 Å². The molecule has 0 radical (unpaired) electrons. The van der Waals surface area contributed by atoms with Gasteiger partial charge in [0.25, 0.3) is 5.56 Å². The number of hydrogen-bond donors (Lipinski definition) is 1. The molecule has 0 aliphatic carbocycles. The Hall–Kier alpha value is -4.32. The Balaban J connectivity index is 1.84. The van der Waals surface area contributed by atoms with E-state index in [9.17, 15) is 15.2 Å². The molecular weight excluding hydrogens is 464 g/mol. The summed E-state index contributed by atoms with van der Waals surface area (Å²) in [4.78, 5) is 26.1. The number of halogens is 1. The van der Waals surface area contributed by atoms with E-state index in [1.54, 1.807) is 85.8 Å². The molecule has 1 atom stereocenters. The van der Waals surface area contributed by atoms with Crippen LogP contribution in [0.2, 0.25) is 5.02 Å². The van der Waals surface area contributed by atoms with Crippen molar-refractivity contribution in [1.29, 1.82) is 5.26 Å². The second kappa shape index (κ2) is 8.47. The summed E-state index contributed by atoms with van der Waals surface area (Å²) in [7, 11) is 3.44. The molecule has 172 valence electrons. The molecule has 0 spiro atoms. The predicted octanol–water partition coefficient (Wildman–Crippen LogP) is 3.54. The van der Waals surface area contributed by atoms with Gasteiger partial charge in [-0.05, 0) is 42.0 Å². The van der Waals surface area contributed by atoms with Crippen molar-refractivity contribution in [2.75, 3.05) is 0 Å². The number of hydrogen-bond acceptors (Lipinski definition) is 6. The number of aromatic nitrogens is 5. The molecule has 35 heavy (non-hydrogen) atoms. The van der Waals surface area contributed by atoms with Gasteiger partial charge in [-0.2, -0.15) is 5.26 Å². The van der Waals surface area contributed by atoms with Crippen molar-refractivity contribution in [3.05, 3.63) is 111 Å². The van der Waals surface area contributed by atoms with Gasteiger partial charge in [0.05, 0.1) is 40.6 Å². The monoisotopic (exact) mass is 482 g/mol. The third kappa shape index (κ3) is 3.67. The fourth-order valence-electron chi connectivity index (χ4n) is 4.20. The number of nitrogens with zero attached hydrogens (tertiary/aromatic N) is 6. The molecule has 0 bridgehead atoms. The fraction of sp³-hybridized carbons (Fsp3) is 0.115. The molecular formula is C26H19ClN6O2. The highest BCUT2D eigenvalue weighted by Crippen LogP contribution is 2.37. The standard InChI is InChI=1S/C26H19ClN6O2/c1-32-15-29-14-23(32)26(35,16-6-8-17(27)9-7-16)22-11-10-21-25(31-22)19(12-24(34)33(21)2)20-5-3-4-18(13-28)30-20/h3-12,14-15,35H,1-2H3/t26-/m1/s1. The second-order valence-corrected chi connectivity index (χ2v) is 8.58. The smallest absolute Gasteiger partial charge is 0.251 e. The molecule has 0 fully saturated rings. The second-order valence-electron chi connectivity index (χ2n) is 8.15. The van der Waals surface area contributed by atoms with Gasteiger partial charge >= 0.3 is 0 Å². The molecule has 4 aromatic heterocycles. The lowest BCUT2D eigenvalue weighted by molar-refractivity contribution is 0.113. The third-order valence-electron chi connectivity index (χ3n) is 6.05. The molecule has 0 amide bonds. The lowest BCUT2D eigenvalue weighted by Gasteiger charge is -2.29. The largest absolute Gasteiger partial charge is 0.373 e. The molecule has 8 nitrogen and oxygen atoms in total. The fourth-order valence-corrected chi connectivity index (χ4v) is 4.32. The van der Waals surface area contributed by atoms with E-state index in [4.69, 9.17) is 16.6 Å². The maximum Gasteiger partial charge on any atom is 0.251 e. The number of rotatable bonds is 4. The van der Waals surface area contributed by atoms with E-state index in [-0.39, 0.29) is 11.3 Å². The van der Waals surface area contributed by atoms with Gasteiger partial charge in [0.2, 0.25) is 0 Å². The van der Waals surface area contributed by atoms with Gasteiger partial charge in [0.1, 0.15) is 11.8 Å². The predicted molar refractivity (Wildman–Crippen MR) is 132 cm³/mol. The van der Waals surface area contributed by atoms with Crippen LogP contribution in [0.25, 0.3) is 22.3 Å². The van der Waals surface area contributed by atoms with Crippen LogP contribution in [0.1, 0.15) is 22.6 Å². The summed E-state index contributed by atoms with van der Waals surface area (Å²) in [6.45, 7) is 0. The number of imidazole rings is 1. The summed E-state index contributed by atoms with van der Waals surface area (Å²) in [5.41, 5.74) is 1.61. The maximum atomic E-state index is 12.7. The topological polar surface area (TPSA) is 110 Å². The molecule has 5 rings (SSSR count). The van der Waals surface area contributed by atoms with Crippen LogP contribution in [0.3, 0.4) is 0 Å². The Bertz CT molecular complexity index is 1680. The van der Waals surface area contributed by atoms with Crippen molar-refractivity contribution < 1.29 is 5.11 Å². The summed E-state index contributed by atoms with van der Waals surface area (Å²) in [5, 5.41) is 22.1. The number of pyridine rings is 3. The van der Waals surface area contributed by atoms with Crippen LogP contribution in [-0.4, -0.2) is 29.2 Å². The van der Waals surface area contributed by atoms with Gasteiger partial charge in [-0.3, -0.25) is 4.79 Å². The number of nitriles is 1. The van der Waals surface area contributed by atoms with E-state index < -0.39 is 5.60 Å². The molecule has 5 aromatic rings. The average molecular weight is 483 g/mol. The quantitative estimate of drug-likeness (QED) is 0.419. The molecule has 9 heteroatoms. The zero-order chi connectivity index (χ0) is 24.7. The van der Waals surface area contributed by atoms with Crippen molar-refractivity contribution >= 4 is 22.6 Å². The zero-order valence-electron chi connectivity index (χ0n) is 18.8. The average Bonchev–Trinajstić information content (AvgIpc) is 3.32. The van der Waals surface area contributed by atoms with Crippen molar-refractivity contribution in [2.45, 2.75) is 5.60 Å². The van der Waals surface area contributed by atoms with Gasteiger partial charge in [-0.1, -0.05) is 29.8 Å². The maximum absolute atomic E-state index is 12.7. The Labute approximate surface area is 205 Å². The van der Waals surface area contributed by atoms with E-state index in [1.807, 2.05) is 6.07 Å². The van der Waals surface area contributed by atoms with Crippen molar-refractivity contribution in [2.24, 2.45) is 14.1 Å². The first-order chi connectivity index (χ1) is 16.8. The van der Waals surface area contributed by atoms with Crippen LogP contribution >= 0.6 is 11.6 Å². The van der Waals surface area contributed by atoms with Crippen molar-refractivity contribution in [1.82, 2.24) is 24.1 Å². The summed E-state index contributed by atoms with van der Waals surface area (Å²) in [5.74, 6) is 0. The van der Waals surface area contributed by atoms with Gasteiger partial charge < -0.3 is 14.2 Å². The van der Waals surface area contributed by atoms with Crippen molar-refractivity contribution in [3.8, 4) is 17.3 Å². The normalized spacial score (nSPS) is 12.9. The molecule has 1 aromatic carbocycles. The molecule has 0 unspecified atom stereocenters. The van der Waals surface area contributed by atoms with Crippen LogP contribution in [0.15, 0.2) is 78.0 Å². The van der Waals surface area contributed by atoms with Gasteiger partial charge in [-0.15, -0.1) is 0 Å². The highest BCUT2D eigenvalue weighted by atomic mass is 35.5. The van der Waals surface area contributed by atoms with Crippen LogP contribution in [0.4, 0.5) is 0 Å². The van der Waals surface area contributed by atoms with Crippen LogP contribution in [0.5, 0.6) is 0 Å². The minimum Gasteiger partial charge on any atom is -0.373 e. The summed E-state index contributed by atoms with van der Waals surface area (Å²) >= 11 is 6.11. The summed E-state index contributed by atoms with van der Waals surface area (Å²) in [6.07, 6.45) is 3.18. The van der Waals surface area contributed by atoms with Crippen LogP contribution < -0.4 is 5.56 Å². The highest BCUT2D eigenvalue weighted by Gasteiger charge is 2.38. The number of aliphatic hydroxyl groups is 1. The van der Waals surface area contributed by atoms with Crippen LogP contribution in [-0.2, 0) is 19.7 Å². The van der Waals surface area contributed by atoms with E-state index in [0.29, 0.717) is 44.3 Å². The Morgan fingerprint density at radius 3 is 2.51 bits per heavy atom. The molecule has 1 N–H and O–H groups in total. The lowest BCUT2D eigenvalue weighted by Crippen LogP contribution is -2.32. The van der Waals surface area contributed by atoms with E-state index >= 15 is 0 Å². The summed E-state index contributed by atoms with van der Waals surface area (Å²) in [6, 6.07) is 18.8. The Kier molecular flexibility index (Phi) is 5.44. The number of fused-ring (bicyclic) bond motifs is 1. The third-order valence-corrected chi connectivity index (χ3v) is 6.30. The molecule has 0 saturated heterocycles. The zero-order valence-corrected chi connectivity index (χ0v) is 19.6. The van der Waals surface area contributed by atoms with E-state index in [0.717, 1.165) is 0 Å². The van der Waals surface area contributed by atoms with Crippen LogP contribution in [0, 0.1) is 11.3 Å². The Morgan fingerprint density at radius 1 is 1.06 bits per heavy atom. The van der Waals surface area contributed by atoms with E-state index in [2.05, 4.69) is 9.97 Å². The van der Waals surface area contributed by atoms with E-state index in [1.165, 1.54) is 10.6 Å². The minimum absolute atomic E-state index is 0.222. The summed E-state index contributed by atoms with van der Waals surface area (Å²) < 4.78 is 3.20.